The Hall–Kier alpha value is -1.35. The summed E-state index contributed by atoms with van der Waals surface area (Å²) in [5.74, 6) is -1.41. The average molecular weight is 293 g/mol. The second-order valence-corrected chi connectivity index (χ2v) is 6.23. The van der Waals surface area contributed by atoms with Gasteiger partial charge in [-0.05, 0) is 12.8 Å². The standard InChI is InChI=1S/C10H19N3O5S/c11-19(17,18)7-5-12-10(16)13-6-3-1-2-4-8(13)9(14)15/h8H,1-7H2,(H,12,16)(H,14,15)(H2,11,17,18). The van der Waals surface area contributed by atoms with Crippen LogP contribution in [0.15, 0.2) is 0 Å². The first kappa shape index (κ1) is 15.7. The molecule has 1 aliphatic rings. The van der Waals surface area contributed by atoms with E-state index in [9.17, 15) is 18.0 Å². The molecule has 0 aromatic carbocycles. The van der Waals surface area contributed by atoms with Crippen molar-refractivity contribution >= 4 is 22.0 Å². The topological polar surface area (TPSA) is 130 Å². The maximum Gasteiger partial charge on any atom is 0.326 e. The van der Waals surface area contributed by atoms with E-state index in [1.54, 1.807) is 0 Å². The molecule has 1 aliphatic heterocycles. The summed E-state index contributed by atoms with van der Waals surface area (Å²) >= 11 is 0. The number of nitrogens with two attached hydrogens (primary N) is 1. The molecule has 8 nitrogen and oxygen atoms in total. The van der Waals surface area contributed by atoms with E-state index < -0.39 is 28.1 Å². The lowest BCUT2D eigenvalue weighted by Gasteiger charge is -2.27. The number of carbonyl (C=O) groups is 2. The van der Waals surface area contributed by atoms with Gasteiger partial charge in [-0.1, -0.05) is 12.8 Å². The van der Waals surface area contributed by atoms with Crippen LogP contribution in [0.1, 0.15) is 25.7 Å². The van der Waals surface area contributed by atoms with E-state index >= 15 is 0 Å². The van der Waals surface area contributed by atoms with Crippen LogP contribution in [0.25, 0.3) is 0 Å². The fourth-order valence-electron chi connectivity index (χ4n) is 2.01. The molecule has 0 saturated carbocycles. The van der Waals surface area contributed by atoms with Gasteiger partial charge in [0.25, 0.3) is 0 Å². The van der Waals surface area contributed by atoms with E-state index in [1.807, 2.05) is 0 Å². The molecule has 9 heteroatoms. The Balaban J connectivity index is 2.58. The van der Waals surface area contributed by atoms with Gasteiger partial charge in [0.2, 0.25) is 10.0 Å². The molecule has 0 bridgehead atoms. The Morgan fingerprint density at radius 3 is 2.58 bits per heavy atom. The van der Waals surface area contributed by atoms with E-state index in [0.29, 0.717) is 13.0 Å². The number of hydrogen-bond acceptors (Lipinski definition) is 4. The number of rotatable bonds is 4. The van der Waals surface area contributed by atoms with Crippen LogP contribution in [0.4, 0.5) is 4.79 Å². The number of carboxylic acid groups (broad SMARTS) is 1. The SMILES string of the molecule is NS(=O)(=O)CCNC(=O)N1CCCCCC1C(=O)O. The molecule has 0 aromatic heterocycles. The zero-order valence-electron chi connectivity index (χ0n) is 10.5. The molecule has 1 fully saturated rings. The molecule has 0 radical (unpaired) electrons. The zero-order chi connectivity index (χ0) is 14.5. The number of amides is 2. The third-order valence-corrected chi connectivity index (χ3v) is 3.73. The van der Waals surface area contributed by atoms with Crippen LogP contribution >= 0.6 is 0 Å². The van der Waals surface area contributed by atoms with Crippen molar-refractivity contribution in [1.29, 1.82) is 0 Å². The van der Waals surface area contributed by atoms with Gasteiger partial charge in [0.15, 0.2) is 0 Å². The Kier molecular flexibility index (Phi) is 5.55. The molecule has 0 aromatic rings. The highest BCUT2D eigenvalue weighted by molar-refractivity contribution is 7.89. The van der Waals surface area contributed by atoms with Crippen LogP contribution in [0.5, 0.6) is 0 Å². The lowest BCUT2D eigenvalue weighted by atomic mass is 10.1. The number of urea groups is 1. The quantitative estimate of drug-likeness (QED) is 0.632. The summed E-state index contributed by atoms with van der Waals surface area (Å²) in [5.41, 5.74) is 0. The number of nitrogens with one attached hydrogen (secondary N) is 1. The largest absolute Gasteiger partial charge is 0.480 e. The Labute approximate surface area is 112 Å². The highest BCUT2D eigenvalue weighted by Crippen LogP contribution is 2.17. The van der Waals surface area contributed by atoms with Gasteiger partial charge in [-0.2, -0.15) is 0 Å². The number of hydrogen-bond donors (Lipinski definition) is 3. The van der Waals surface area contributed by atoms with E-state index in [-0.39, 0.29) is 12.3 Å². The lowest BCUT2D eigenvalue weighted by molar-refractivity contribution is -0.142. The summed E-state index contributed by atoms with van der Waals surface area (Å²) in [4.78, 5) is 24.2. The van der Waals surface area contributed by atoms with Crippen LogP contribution in [-0.2, 0) is 14.8 Å². The van der Waals surface area contributed by atoms with Crippen molar-refractivity contribution in [1.82, 2.24) is 10.2 Å². The van der Waals surface area contributed by atoms with E-state index in [1.165, 1.54) is 4.90 Å². The summed E-state index contributed by atoms with van der Waals surface area (Å²) in [6.45, 7) is 0.235. The van der Waals surface area contributed by atoms with E-state index in [2.05, 4.69) is 5.32 Å². The Bertz CT molecular complexity index is 436. The molecular formula is C10H19N3O5S. The van der Waals surface area contributed by atoms with Crippen molar-refractivity contribution in [3.8, 4) is 0 Å². The molecule has 110 valence electrons. The van der Waals surface area contributed by atoms with Gasteiger partial charge in [0.1, 0.15) is 6.04 Å². The monoisotopic (exact) mass is 293 g/mol. The number of nitrogens with zero attached hydrogens (tertiary/aromatic N) is 1. The molecule has 2 amide bonds. The van der Waals surface area contributed by atoms with Crippen molar-refractivity contribution in [2.45, 2.75) is 31.7 Å². The predicted octanol–water partition coefficient (Wildman–Crippen LogP) is -0.686. The molecule has 1 rings (SSSR count). The van der Waals surface area contributed by atoms with Crippen molar-refractivity contribution in [2.24, 2.45) is 5.14 Å². The van der Waals surface area contributed by atoms with E-state index in [4.69, 9.17) is 10.2 Å². The minimum absolute atomic E-state index is 0.124. The highest BCUT2D eigenvalue weighted by atomic mass is 32.2. The highest BCUT2D eigenvalue weighted by Gasteiger charge is 2.30. The number of carboxylic acids is 1. The summed E-state index contributed by atoms with van der Waals surface area (Å²) in [7, 11) is -3.64. The van der Waals surface area contributed by atoms with Crippen LogP contribution in [0.3, 0.4) is 0 Å². The van der Waals surface area contributed by atoms with Gasteiger partial charge in [-0.3, -0.25) is 0 Å². The first-order valence-electron chi connectivity index (χ1n) is 6.09. The normalized spacial score (nSPS) is 20.7. The zero-order valence-corrected chi connectivity index (χ0v) is 11.4. The minimum atomic E-state index is -3.64. The van der Waals surface area contributed by atoms with Gasteiger partial charge in [0, 0.05) is 13.1 Å². The maximum absolute atomic E-state index is 11.9. The van der Waals surface area contributed by atoms with Crippen LogP contribution < -0.4 is 10.5 Å². The molecule has 4 N–H and O–H groups in total. The van der Waals surface area contributed by atoms with Gasteiger partial charge >= 0.3 is 12.0 Å². The minimum Gasteiger partial charge on any atom is -0.480 e. The molecule has 1 atom stereocenters. The van der Waals surface area contributed by atoms with Crippen molar-refractivity contribution < 1.29 is 23.1 Å². The number of carbonyl (C=O) groups excluding carboxylic acids is 1. The third-order valence-electron chi connectivity index (χ3n) is 2.96. The first-order chi connectivity index (χ1) is 8.81. The average Bonchev–Trinajstić information content (AvgIpc) is 2.52. The molecule has 0 aliphatic carbocycles. The van der Waals surface area contributed by atoms with E-state index in [0.717, 1.165) is 19.3 Å². The second-order valence-electron chi connectivity index (χ2n) is 4.50. The Morgan fingerprint density at radius 1 is 1.32 bits per heavy atom. The van der Waals surface area contributed by atoms with Crippen LogP contribution in [0, 0.1) is 0 Å². The van der Waals surface area contributed by atoms with Crippen molar-refractivity contribution in [3.05, 3.63) is 0 Å². The molecular weight excluding hydrogens is 274 g/mol. The van der Waals surface area contributed by atoms with Gasteiger partial charge in [0.05, 0.1) is 5.75 Å². The summed E-state index contributed by atoms with van der Waals surface area (Å²) in [6.07, 6.45) is 2.80. The molecule has 19 heavy (non-hydrogen) atoms. The number of likely N-dealkylation sites (tertiary alicyclic amines) is 1. The number of primary sulfonamides is 1. The predicted molar refractivity (Wildman–Crippen MR) is 68.0 cm³/mol. The first-order valence-corrected chi connectivity index (χ1v) is 7.80. The summed E-state index contributed by atoms with van der Waals surface area (Å²) < 4.78 is 21.5. The van der Waals surface area contributed by atoms with Gasteiger partial charge in [-0.25, -0.2) is 23.1 Å². The summed E-state index contributed by atoms with van der Waals surface area (Å²) in [6, 6.07) is -1.41. The number of aliphatic carboxylic acids is 1. The second kappa shape index (κ2) is 6.71. The molecule has 1 heterocycles. The molecule has 1 unspecified atom stereocenters. The van der Waals surface area contributed by atoms with Crippen molar-refractivity contribution in [2.75, 3.05) is 18.8 Å². The smallest absolute Gasteiger partial charge is 0.326 e. The fourth-order valence-corrected chi connectivity index (χ4v) is 2.40. The third kappa shape index (κ3) is 5.43. The molecule has 1 saturated heterocycles. The maximum atomic E-state index is 11.9. The number of sulfonamides is 1. The summed E-state index contributed by atoms with van der Waals surface area (Å²) in [5, 5.41) is 16.3. The molecule has 0 spiro atoms. The van der Waals surface area contributed by atoms with Crippen LogP contribution in [-0.4, -0.2) is 55.3 Å². The Morgan fingerprint density at radius 2 is 2.00 bits per heavy atom. The van der Waals surface area contributed by atoms with Gasteiger partial charge < -0.3 is 15.3 Å². The fraction of sp³-hybridized carbons (Fsp3) is 0.800. The van der Waals surface area contributed by atoms with Crippen molar-refractivity contribution in [3.63, 3.8) is 0 Å². The van der Waals surface area contributed by atoms with Crippen LogP contribution in [0.2, 0.25) is 0 Å². The van der Waals surface area contributed by atoms with Gasteiger partial charge in [-0.15, -0.1) is 0 Å². The lowest BCUT2D eigenvalue weighted by Crippen LogP contribution is -2.50.